The predicted octanol–water partition coefficient (Wildman–Crippen LogP) is 1.90. The van der Waals surface area contributed by atoms with E-state index in [1.54, 1.807) is 31.2 Å². The monoisotopic (exact) mass is 290 g/mol. The molecule has 0 aromatic heterocycles. The van der Waals surface area contributed by atoms with E-state index in [0.29, 0.717) is 11.4 Å². The van der Waals surface area contributed by atoms with Gasteiger partial charge in [0.25, 0.3) is 0 Å². The number of methoxy groups -OCH3 is 1. The number of benzene rings is 1. The van der Waals surface area contributed by atoms with Gasteiger partial charge in [-0.1, -0.05) is 12.1 Å². The number of carbonyl (C=O) groups excluding carboxylic acids is 2. The van der Waals surface area contributed by atoms with Gasteiger partial charge in [-0.05, 0) is 19.1 Å². The number of rotatable bonds is 7. The molecule has 1 rings (SSSR count). The summed E-state index contributed by atoms with van der Waals surface area (Å²) in [5.41, 5.74) is 0.510. The zero-order valence-electron chi connectivity index (χ0n) is 12.2. The van der Waals surface area contributed by atoms with Crippen molar-refractivity contribution in [3.63, 3.8) is 0 Å². The topological polar surface area (TPSA) is 79.6 Å². The van der Waals surface area contributed by atoms with E-state index in [1.807, 2.05) is 6.07 Å². The molecule has 0 aliphatic heterocycles. The number of para-hydroxylation sites is 2. The molecule has 112 valence electrons. The van der Waals surface area contributed by atoms with Crippen molar-refractivity contribution in [1.82, 2.24) is 0 Å². The van der Waals surface area contributed by atoms with Crippen LogP contribution in [-0.4, -0.2) is 32.1 Å². The van der Waals surface area contributed by atoms with E-state index in [-0.39, 0.29) is 31.9 Å². The molecule has 21 heavy (non-hydrogen) atoms. The van der Waals surface area contributed by atoms with Gasteiger partial charge in [-0.15, -0.1) is 0 Å². The first-order chi connectivity index (χ1) is 10.1. The molecule has 0 saturated carbocycles. The fourth-order valence-corrected chi connectivity index (χ4v) is 1.81. The highest BCUT2D eigenvalue weighted by atomic mass is 16.5. The third-order valence-electron chi connectivity index (χ3n) is 2.75. The van der Waals surface area contributed by atoms with Crippen LogP contribution in [0.15, 0.2) is 24.3 Å². The second-order valence-corrected chi connectivity index (χ2v) is 4.11. The van der Waals surface area contributed by atoms with E-state index in [9.17, 15) is 9.59 Å². The van der Waals surface area contributed by atoms with Gasteiger partial charge in [0.2, 0.25) is 5.91 Å². The highest BCUT2D eigenvalue weighted by molar-refractivity contribution is 5.96. The van der Waals surface area contributed by atoms with E-state index in [0.717, 1.165) is 0 Å². The second kappa shape index (κ2) is 8.59. The lowest BCUT2D eigenvalue weighted by atomic mass is 10.2. The van der Waals surface area contributed by atoms with Gasteiger partial charge in [-0.25, -0.2) is 0 Å². The number of ether oxygens (including phenoxy) is 2. The Kier molecular flexibility index (Phi) is 6.75. The Balaban J connectivity index is 2.84. The molecule has 0 aliphatic rings. The van der Waals surface area contributed by atoms with Crippen molar-refractivity contribution in [2.24, 2.45) is 0 Å². The summed E-state index contributed by atoms with van der Waals surface area (Å²) in [6.07, 6.45) is -0.0255. The van der Waals surface area contributed by atoms with Crippen LogP contribution in [0.1, 0.15) is 19.8 Å². The van der Waals surface area contributed by atoms with Crippen molar-refractivity contribution in [1.29, 1.82) is 5.26 Å². The number of nitriles is 1. The van der Waals surface area contributed by atoms with E-state index in [2.05, 4.69) is 0 Å². The molecule has 1 amide bonds. The molecule has 6 nitrogen and oxygen atoms in total. The first kappa shape index (κ1) is 16.5. The average molecular weight is 290 g/mol. The quantitative estimate of drug-likeness (QED) is 0.566. The van der Waals surface area contributed by atoms with Crippen molar-refractivity contribution >= 4 is 17.6 Å². The Morgan fingerprint density at radius 3 is 2.62 bits per heavy atom. The standard InChI is InChI=1S/C15H18N2O4/c1-3-21-15(19)9-8-14(18)17(11-10-16)12-6-4-5-7-13(12)20-2/h4-7H,3,8-9,11H2,1-2H3. The molecule has 0 atom stereocenters. The third kappa shape index (κ3) is 4.80. The van der Waals surface area contributed by atoms with Crippen LogP contribution in [0, 0.1) is 11.3 Å². The maximum atomic E-state index is 12.2. The molecule has 0 aliphatic carbocycles. The van der Waals surface area contributed by atoms with E-state index >= 15 is 0 Å². The van der Waals surface area contributed by atoms with Gasteiger partial charge in [0.15, 0.2) is 0 Å². The van der Waals surface area contributed by atoms with Crippen molar-refractivity contribution < 1.29 is 19.1 Å². The van der Waals surface area contributed by atoms with Crippen molar-refractivity contribution in [2.45, 2.75) is 19.8 Å². The molecule has 6 heteroatoms. The van der Waals surface area contributed by atoms with Crippen molar-refractivity contribution in [2.75, 3.05) is 25.2 Å². The summed E-state index contributed by atoms with van der Waals surface area (Å²) in [4.78, 5) is 24.8. The van der Waals surface area contributed by atoms with E-state index in [1.165, 1.54) is 12.0 Å². The first-order valence-electron chi connectivity index (χ1n) is 6.60. The number of anilines is 1. The predicted molar refractivity (Wildman–Crippen MR) is 76.8 cm³/mol. The zero-order valence-corrected chi connectivity index (χ0v) is 12.2. The van der Waals surface area contributed by atoms with Crippen LogP contribution in [0.3, 0.4) is 0 Å². The minimum Gasteiger partial charge on any atom is -0.495 e. The summed E-state index contributed by atoms with van der Waals surface area (Å²) >= 11 is 0. The molecular formula is C15H18N2O4. The van der Waals surface area contributed by atoms with Gasteiger partial charge in [-0.2, -0.15) is 5.26 Å². The van der Waals surface area contributed by atoms with Gasteiger partial charge in [0, 0.05) is 6.42 Å². The highest BCUT2D eigenvalue weighted by Crippen LogP contribution is 2.28. The fourth-order valence-electron chi connectivity index (χ4n) is 1.81. The molecule has 0 heterocycles. The van der Waals surface area contributed by atoms with Crippen LogP contribution >= 0.6 is 0 Å². The average Bonchev–Trinajstić information content (AvgIpc) is 2.50. The van der Waals surface area contributed by atoms with E-state index < -0.39 is 5.97 Å². The van der Waals surface area contributed by atoms with Crippen molar-refractivity contribution in [3.05, 3.63) is 24.3 Å². The summed E-state index contributed by atoms with van der Waals surface area (Å²) in [6.45, 7) is 1.88. The largest absolute Gasteiger partial charge is 0.495 e. The summed E-state index contributed by atoms with van der Waals surface area (Å²) < 4.78 is 9.98. The number of hydrogen-bond acceptors (Lipinski definition) is 5. The normalized spacial score (nSPS) is 9.57. The molecule has 1 aromatic rings. The summed E-state index contributed by atoms with van der Waals surface area (Å²) in [5.74, 6) is -0.255. The number of nitrogens with zero attached hydrogens (tertiary/aromatic N) is 2. The Morgan fingerprint density at radius 1 is 1.29 bits per heavy atom. The smallest absolute Gasteiger partial charge is 0.306 e. The molecule has 0 spiro atoms. The lowest BCUT2D eigenvalue weighted by molar-refractivity contribution is -0.144. The van der Waals surface area contributed by atoms with Gasteiger partial charge < -0.3 is 9.47 Å². The maximum absolute atomic E-state index is 12.2. The maximum Gasteiger partial charge on any atom is 0.306 e. The minimum atomic E-state index is -0.428. The molecule has 1 aromatic carbocycles. The molecule has 0 fully saturated rings. The SMILES string of the molecule is CCOC(=O)CCC(=O)N(CC#N)c1ccccc1OC. The Morgan fingerprint density at radius 2 is 2.00 bits per heavy atom. The third-order valence-corrected chi connectivity index (χ3v) is 2.75. The molecular weight excluding hydrogens is 272 g/mol. The Bertz CT molecular complexity index is 537. The summed E-state index contributed by atoms with van der Waals surface area (Å²) in [7, 11) is 1.49. The summed E-state index contributed by atoms with van der Waals surface area (Å²) in [5, 5.41) is 8.90. The lowest BCUT2D eigenvalue weighted by Crippen LogP contribution is -2.32. The van der Waals surface area contributed by atoms with Crippen LogP contribution in [0.2, 0.25) is 0 Å². The van der Waals surface area contributed by atoms with Crippen LogP contribution < -0.4 is 9.64 Å². The van der Waals surface area contributed by atoms with Gasteiger partial charge in [0.05, 0.1) is 31.9 Å². The second-order valence-electron chi connectivity index (χ2n) is 4.11. The Hall–Kier alpha value is -2.55. The van der Waals surface area contributed by atoms with Crippen LogP contribution in [-0.2, 0) is 14.3 Å². The fraction of sp³-hybridized carbons (Fsp3) is 0.400. The van der Waals surface area contributed by atoms with Gasteiger partial charge in [0.1, 0.15) is 12.3 Å². The lowest BCUT2D eigenvalue weighted by Gasteiger charge is -2.21. The first-order valence-corrected chi connectivity index (χ1v) is 6.60. The number of esters is 1. The zero-order chi connectivity index (χ0) is 15.7. The molecule has 0 bridgehead atoms. The number of carbonyl (C=O) groups is 2. The number of amides is 1. The van der Waals surface area contributed by atoms with Crippen LogP contribution in [0.5, 0.6) is 5.75 Å². The Labute approximate surface area is 123 Å². The molecule has 0 radical (unpaired) electrons. The molecule has 0 N–H and O–H groups in total. The summed E-state index contributed by atoms with van der Waals surface area (Å²) in [6, 6.07) is 8.87. The van der Waals surface area contributed by atoms with E-state index in [4.69, 9.17) is 14.7 Å². The van der Waals surface area contributed by atoms with Crippen molar-refractivity contribution in [3.8, 4) is 11.8 Å². The van der Waals surface area contributed by atoms with Gasteiger partial charge in [-0.3, -0.25) is 14.5 Å². The number of hydrogen-bond donors (Lipinski definition) is 0. The van der Waals surface area contributed by atoms with Gasteiger partial charge >= 0.3 is 5.97 Å². The molecule has 0 unspecified atom stereocenters. The molecule has 0 saturated heterocycles. The highest BCUT2D eigenvalue weighted by Gasteiger charge is 2.19. The van der Waals surface area contributed by atoms with Crippen LogP contribution in [0.25, 0.3) is 0 Å². The van der Waals surface area contributed by atoms with Crippen LogP contribution in [0.4, 0.5) is 5.69 Å². The minimum absolute atomic E-state index is 0.0102.